The number of thiazole rings is 1. The number of nitrogens with zero attached hydrogens (tertiary/aromatic N) is 2. The molecular formula is C15H18N2O4S2. The first kappa shape index (κ1) is 16.2. The summed E-state index contributed by atoms with van der Waals surface area (Å²) in [5, 5.41) is 0.783. The topological polar surface area (TPSA) is 68.7 Å². The molecule has 2 aromatic rings. The molecule has 1 aromatic heterocycles. The molecule has 0 aliphatic carbocycles. The van der Waals surface area contributed by atoms with Crippen molar-refractivity contribution in [2.45, 2.75) is 24.8 Å². The molecule has 0 spiro atoms. The van der Waals surface area contributed by atoms with Crippen LogP contribution in [0.3, 0.4) is 0 Å². The zero-order chi connectivity index (χ0) is 16.4. The molecule has 1 aliphatic heterocycles. The van der Waals surface area contributed by atoms with E-state index in [1.165, 1.54) is 21.7 Å². The lowest BCUT2D eigenvalue weighted by Gasteiger charge is -2.20. The molecule has 0 saturated carbocycles. The monoisotopic (exact) mass is 354 g/mol. The fraction of sp³-hybridized carbons (Fsp3) is 0.400. The molecule has 1 aromatic carbocycles. The van der Waals surface area contributed by atoms with Gasteiger partial charge in [-0.1, -0.05) is 6.92 Å². The van der Waals surface area contributed by atoms with Crippen LogP contribution in [0.4, 0.5) is 0 Å². The first-order valence-electron chi connectivity index (χ1n) is 7.30. The van der Waals surface area contributed by atoms with Gasteiger partial charge in [0.15, 0.2) is 11.5 Å². The van der Waals surface area contributed by atoms with E-state index < -0.39 is 10.0 Å². The molecule has 0 amide bonds. The Labute approximate surface area is 139 Å². The van der Waals surface area contributed by atoms with Crippen molar-refractivity contribution in [1.82, 2.24) is 9.29 Å². The molecule has 0 unspecified atom stereocenters. The number of hydrogen-bond donors (Lipinski definition) is 0. The van der Waals surface area contributed by atoms with Gasteiger partial charge in [-0.05, 0) is 18.6 Å². The van der Waals surface area contributed by atoms with E-state index >= 15 is 0 Å². The van der Waals surface area contributed by atoms with Crippen molar-refractivity contribution in [1.29, 1.82) is 0 Å². The summed E-state index contributed by atoms with van der Waals surface area (Å²) in [6.45, 7) is 3.20. The molecule has 0 bridgehead atoms. The summed E-state index contributed by atoms with van der Waals surface area (Å²) < 4.78 is 37.6. The molecule has 0 atom stereocenters. The third-order valence-corrected chi connectivity index (χ3v) is 6.46. The zero-order valence-corrected chi connectivity index (χ0v) is 14.6. The predicted octanol–water partition coefficient (Wildman–Crippen LogP) is 2.30. The normalized spacial score (nSPS) is 14.2. The van der Waals surface area contributed by atoms with Gasteiger partial charge in [0.05, 0.1) is 11.4 Å². The van der Waals surface area contributed by atoms with Crippen LogP contribution in [-0.4, -0.2) is 38.0 Å². The van der Waals surface area contributed by atoms with Crippen molar-refractivity contribution in [2.75, 3.05) is 20.3 Å². The first-order chi connectivity index (χ1) is 11.0. The number of fused-ring (bicyclic) bond motifs is 1. The predicted molar refractivity (Wildman–Crippen MR) is 87.6 cm³/mol. The molecule has 0 radical (unpaired) electrons. The van der Waals surface area contributed by atoms with Crippen molar-refractivity contribution < 1.29 is 17.9 Å². The van der Waals surface area contributed by atoms with E-state index in [2.05, 4.69) is 4.98 Å². The average molecular weight is 354 g/mol. The van der Waals surface area contributed by atoms with Gasteiger partial charge < -0.3 is 9.47 Å². The molecule has 3 rings (SSSR count). The average Bonchev–Trinajstić information content (AvgIpc) is 3.02. The highest BCUT2D eigenvalue weighted by molar-refractivity contribution is 7.89. The van der Waals surface area contributed by atoms with E-state index in [-0.39, 0.29) is 11.4 Å². The number of ether oxygens (including phenoxy) is 2. The summed E-state index contributed by atoms with van der Waals surface area (Å²) in [5.74, 6) is 1.04. The molecule has 2 heterocycles. The molecular weight excluding hydrogens is 336 g/mol. The Morgan fingerprint density at radius 2 is 2.00 bits per heavy atom. The second-order valence-electron chi connectivity index (χ2n) is 5.14. The summed E-state index contributed by atoms with van der Waals surface area (Å²) in [6.07, 6.45) is 2.70. The number of aromatic nitrogens is 1. The van der Waals surface area contributed by atoms with Crippen molar-refractivity contribution >= 4 is 21.4 Å². The number of benzene rings is 1. The minimum atomic E-state index is -3.60. The fourth-order valence-electron chi connectivity index (χ4n) is 2.22. The van der Waals surface area contributed by atoms with Gasteiger partial charge in [0.1, 0.15) is 18.2 Å². The van der Waals surface area contributed by atoms with E-state index in [0.29, 0.717) is 24.7 Å². The Bertz CT molecular complexity index is 802. The Balaban J connectivity index is 1.82. The standard InChI is InChI=1S/C15H18N2O4S2/c1-3-11-9-16-15(22-11)10-17(2)23(18,19)12-4-5-13-14(8-12)21-7-6-20-13/h4-5,8-9H,3,6-7,10H2,1-2H3. The minimum absolute atomic E-state index is 0.191. The van der Waals surface area contributed by atoms with Gasteiger partial charge in [0.25, 0.3) is 0 Å². The number of rotatable bonds is 5. The fourth-order valence-corrected chi connectivity index (χ4v) is 4.37. The van der Waals surface area contributed by atoms with E-state index in [1.807, 2.05) is 6.92 Å². The second-order valence-corrected chi connectivity index (χ2v) is 8.39. The number of hydrogen-bond acceptors (Lipinski definition) is 6. The summed E-state index contributed by atoms with van der Waals surface area (Å²) >= 11 is 1.53. The van der Waals surface area contributed by atoms with Crippen LogP contribution in [0.15, 0.2) is 29.3 Å². The molecule has 0 saturated heterocycles. The number of aryl methyl sites for hydroxylation is 1. The van der Waals surface area contributed by atoms with Crippen LogP contribution in [0, 0.1) is 0 Å². The summed E-state index contributed by atoms with van der Waals surface area (Å²) in [6, 6.07) is 4.69. The van der Waals surface area contributed by atoms with E-state index in [1.54, 1.807) is 25.4 Å². The van der Waals surface area contributed by atoms with Gasteiger partial charge in [-0.15, -0.1) is 11.3 Å². The van der Waals surface area contributed by atoms with Crippen molar-refractivity contribution in [3.05, 3.63) is 34.3 Å². The third kappa shape index (κ3) is 3.34. The van der Waals surface area contributed by atoms with E-state index in [9.17, 15) is 8.42 Å². The number of sulfonamides is 1. The van der Waals surface area contributed by atoms with E-state index in [4.69, 9.17) is 9.47 Å². The van der Waals surface area contributed by atoms with E-state index in [0.717, 1.165) is 16.3 Å². The highest BCUT2D eigenvalue weighted by atomic mass is 32.2. The minimum Gasteiger partial charge on any atom is -0.486 e. The Morgan fingerprint density at radius 1 is 1.26 bits per heavy atom. The third-order valence-electron chi connectivity index (χ3n) is 3.53. The van der Waals surface area contributed by atoms with Crippen LogP contribution in [0.25, 0.3) is 0 Å². The van der Waals surface area contributed by atoms with Crippen LogP contribution >= 0.6 is 11.3 Å². The highest BCUT2D eigenvalue weighted by Gasteiger charge is 2.24. The second kappa shape index (κ2) is 6.46. The van der Waals surface area contributed by atoms with Gasteiger partial charge >= 0.3 is 0 Å². The van der Waals surface area contributed by atoms with Crippen molar-refractivity contribution in [3.63, 3.8) is 0 Å². The van der Waals surface area contributed by atoms with Gasteiger partial charge in [0, 0.05) is 24.2 Å². The van der Waals surface area contributed by atoms with Crippen LogP contribution in [0.2, 0.25) is 0 Å². The maximum absolute atomic E-state index is 12.7. The van der Waals surface area contributed by atoms with Gasteiger partial charge in [-0.2, -0.15) is 4.31 Å². The summed E-state index contributed by atoms with van der Waals surface area (Å²) in [7, 11) is -2.05. The van der Waals surface area contributed by atoms with Crippen molar-refractivity contribution in [2.24, 2.45) is 0 Å². The Morgan fingerprint density at radius 3 is 2.70 bits per heavy atom. The highest BCUT2D eigenvalue weighted by Crippen LogP contribution is 2.33. The van der Waals surface area contributed by atoms with Crippen LogP contribution < -0.4 is 9.47 Å². The molecule has 0 N–H and O–H groups in total. The van der Waals surface area contributed by atoms with Crippen LogP contribution in [-0.2, 0) is 23.0 Å². The molecule has 6 nitrogen and oxygen atoms in total. The molecule has 23 heavy (non-hydrogen) atoms. The molecule has 124 valence electrons. The zero-order valence-electron chi connectivity index (χ0n) is 13.0. The van der Waals surface area contributed by atoms with Crippen LogP contribution in [0.5, 0.6) is 11.5 Å². The summed E-state index contributed by atoms with van der Waals surface area (Å²) in [5.41, 5.74) is 0. The first-order valence-corrected chi connectivity index (χ1v) is 9.56. The molecule has 1 aliphatic rings. The lowest BCUT2D eigenvalue weighted by Crippen LogP contribution is -2.26. The van der Waals surface area contributed by atoms with Crippen LogP contribution in [0.1, 0.15) is 16.8 Å². The Kier molecular flexibility index (Phi) is 4.56. The lowest BCUT2D eigenvalue weighted by molar-refractivity contribution is 0.171. The van der Waals surface area contributed by atoms with Gasteiger partial charge in [0.2, 0.25) is 10.0 Å². The maximum Gasteiger partial charge on any atom is 0.243 e. The van der Waals surface area contributed by atoms with Gasteiger partial charge in [-0.3, -0.25) is 0 Å². The Hall–Kier alpha value is -1.64. The van der Waals surface area contributed by atoms with Crippen molar-refractivity contribution in [3.8, 4) is 11.5 Å². The SMILES string of the molecule is CCc1cnc(CN(C)S(=O)(=O)c2ccc3c(c2)OCCO3)s1. The quantitative estimate of drug-likeness (QED) is 0.824. The largest absolute Gasteiger partial charge is 0.486 e. The van der Waals surface area contributed by atoms with Gasteiger partial charge in [-0.25, -0.2) is 13.4 Å². The maximum atomic E-state index is 12.7. The lowest BCUT2D eigenvalue weighted by atomic mass is 10.3. The summed E-state index contributed by atoms with van der Waals surface area (Å²) in [4.78, 5) is 5.61. The molecule has 0 fully saturated rings. The smallest absolute Gasteiger partial charge is 0.243 e. The molecule has 8 heteroatoms.